The second kappa shape index (κ2) is 7.82. The second-order valence-electron chi connectivity index (χ2n) is 7.27. The molecule has 3 aromatic rings. The molecule has 4 heterocycles. The maximum absolute atomic E-state index is 12.8. The number of hydrogen-bond acceptors (Lipinski definition) is 9. The largest absolute Gasteiger partial charge is 0.329 e. The van der Waals surface area contributed by atoms with Gasteiger partial charge < -0.3 is 15.5 Å². The molecule has 0 unspecified atom stereocenters. The number of carbonyl (C=O) groups is 1. The van der Waals surface area contributed by atoms with Crippen LogP contribution >= 0.6 is 11.6 Å². The maximum atomic E-state index is 12.8. The fraction of sp³-hybridized carbons (Fsp3) is 0.389. The van der Waals surface area contributed by atoms with Crippen LogP contribution in [0.25, 0.3) is 0 Å². The molecule has 0 bridgehead atoms. The number of nitrogens with one attached hydrogen (secondary N) is 3. The van der Waals surface area contributed by atoms with Crippen LogP contribution < -0.4 is 15.5 Å². The number of aromatic amines is 1. The van der Waals surface area contributed by atoms with Crippen LogP contribution in [0.5, 0.6) is 0 Å². The van der Waals surface area contributed by atoms with Gasteiger partial charge in [0.05, 0.1) is 6.20 Å². The monoisotopic (exact) mass is 426 g/mol. The number of aromatic nitrogens is 7. The van der Waals surface area contributed by atoms with Crippen molar-refractivity contribution in [2.45, 2.75) is 37.6 Å². The lowest BCUT2D eigenvalue weighted by Gasteiger charge is -2.23. The van der Waals surface area contributed by atoms with E-state index in [1.165, 1.54) is 25.2 Å². The molecule has 0 aromatic carbocycles. The minimum Gasteiger partial charge on any atom is -0.329 e. The number of H-pyrrole nitrogens is 1. The molecule has 30 heavy (non-hydrogen) atoms. The molecule has 154 valence electrons. The number of anilines is 4. The molecular formula is C18H19ClN10O. The van der Waals surface area contributed by atoms with Gasteiger partial charge >= 0.3 is 0 Å². The fourth-order valence-electron chi connectivity index (χ4n) is 3.49. The third kappa shape index (κ3) is 4.01. The van der Waals surface area contributed by atoms with Gasteiger partial charge in [-0.05, 0) is 37.3 Å². The molecule has 3 N–H and O–H groups in total. The van der Waals surface area contributed by atoms with Crippen molar-refractivity contribution in [1.82, 2.24) is 35.1 Å². The van der Waals surface area contributed by atoms with E-state index < -0.39 is 6.04 Å². The zero-order valence-corrected chi connectivity index (χ0v) is 16.7. The summed E-state index contributed by atoms with van der Waals surface area (Å²) in [4.78, 5) is 35.5. The molecule has 3 aromatic heterocycles. The molecule has 0 radical (unpaired) electrons. The number of carbonyl (C=O) groups excluding carboxylic acids is 1. The van der Waals surface area contributed by atoms with Crippen LogP contribution in [0.1, 0.15) is 37.3 Å². The predicted octanol–water partition coefficient (Wildman–Crippen LogP) is 2.27. The van der Waals surface area contributed by atoms with E-state index in [0.717, 1.165) is 12.1 Å². The van der Waals surface area contributed by atoms with Gasteiger partial charge in [-0.1, -0.05) is 0 Å². The van der Waals surface area contributed by atoms with E-state index in [0.29, 0.717) is 36.5 Å². The molecule has 12 heteroatoms. The Hall–Kier alpha value is -3.34. The van der Waals surface area contributed by atoms with Crippen molar-refractivity contribution in [3.05, 3.63) is 35.6 Å². The van der Waals surface area contributed by atoms with Crippen LogP contribution in [-0.2, 0) is 4.79 Å². The van der Waals surface area contributed by atoms with E-state index >= 15 is 0 Å². The van der Waals surface area contributed by atoms with Gasteiger partial charge in [-0.15, -0.1) is 0 Å². The lowest BCUT2D eigenvalue weighted by atomic mass is 10.2. The Kier molecular flexibility index (Phi) is 4.87. The Balaban J connectivity index is 1.33. The normalized spacial score (nSPS) is 18.4. The van der Waals surface area contributed by atoms with Crippen LogP contribution in [0.15, 0.2) is 24.7 Å². The maximum Gasteiger partial charge on any atom is 0.248 e. The van der Waals surface area contributed by atoms with Gasteiger partial charge in [-0.25, -0.2) is 4.98 Å². The third-order valence-electron chi connectivity index (χ3n) is 5.08. The van der Waals surface area contributed by atoms with Crippen LogP contribution in [0, 0.1) is 0 Å². The van der Waals surface area contributed by atoms with Crippen LogP contribution in [0.3, 0.4) is 0 Å². The van der Waals surface area contributed by atoms with Crippen molar-refractivity contribution in [1.29, 1.82) is 0 Å². The molecule has 2 fully saturated rings. The molecular weight excluding hydrogens is 408 g/mol. The number of halogens is 1. The summed E-state index contributed by atoms with van der Waals surface area (Å²) in [6.07, 6.45) is 8.42. The van der Waals surface area contributed by atoms with E-state index in [1.54, 1.807) is 6.20 Å². The Labute approximate surface area is 176 Å². The molecule has 1 aliphatic carbocycles. The van der Waals surface area contributed by atoms with E-state index in [2.05, 4.69) is 45.8 Å². The van der Waals surface area contributed by atoms with Crippen LogP contribution in [0.2, 0.25) is 5.28 Å². The number of nitrogens with zero attached hydrogens (tertiary/aromatic N) is 7. The summed E-state index contributed by atoms with van der Waals surface area (Å²) < 4.78 is 0. The summed E-state index contributed by atoms with van der Waals surface area (Å²) in [6.45, 7) is 0.632. The van der Waals surface area contributed by atoms with Crippen molar-refractivity contribution >= 4 is 41.0 Å². The van der Waals surface area contributed by atoms with Gasteiger partial charge in [-0.2, -0.15) is 20.1 Å². The average Bonchev–Trinajstić information content (AvgIpc) is 3.28. The van der Waals surface area contributed by atoms with E-state index in [-0.39, 0.29) is 17.1 Å². The van der Waals surface area contributed by atoms with E-state index in [1.807, 2.05) is 11.0 Å². The highest BCUT2D eigenvalue weighted by Gasteiger charge is 2.33. The van der Waals surface area contributed by atoms with Gasteiger partial charge in [0, 0.05) is 36.6 Å². The van der Waals surface area contributed by atoms with Gasteiger partial charge in [0.25, 0.3) is 0 Å². The molecule has 5 rings (SSSR count). The van der Waals surface area contributed by atoms with Crippen molar-refractivity contribution in [3.63, 3.8) is 0 Å². The van der Waals surface area contributed by atoms with Crippen molar-refractivity contribution < 1.29 is 4.79 Å². The topological polar surface area (TPSA) is 138 Å². The average molecular weight is 427 g/mol. The summed E-state index contributed by atoms with van der Waals surface area (Å²) in [5.41, 5.74) is 1.10. The molecule has 0 spiro atoms. The number of amides is 1. The smallest absolute Gasteiger partial charge is 0.248 e. The standard InChI is InChI=1S/C18H19ClN10O/c19-16-24-17(23-13-8-11(27-28-13)10-3-4-10)26-18(25-16)29-7-1-2-12(29)15(30)22-14-9-20-5-6-21-14/h5-6,8-10,12H,1-4,7H2,(H,21,22,30)(H2,23,24,25,26,27,28)/t12-/m0/s1. The van der Waals surface area contributed by atoms with Crippen molar-refractivity contribution in [2.75, 3.05) is 22.1 Å². The Morgan fingerprint density at radius 3 is 2.87 bits per heavy atom. The molecule has 1 saturated heterocycles. The third-order valence-corrected chi connectivity index (χ3v) is 5.25. The minimum absolute atomic E-state index is 0.0421. The van der Waals surface area contributed by atoms with Gasteiger partial charge in [0.1, 0.15) is 6.04 Å². The Morgan fingerprint density at radius 1 is 1.17 bits per heavy atom. The zero-order valence-electron chi connectivity index (χ0n) is 15.9. The summed E-state index contributed by atoms with van der Waals surface area (Å²) in [5.74, 6) is 1.99. The second-order valence-corrected chi connectivity index (χ2v) is 7.61. The highest BCUT2D eigenvalue weighted by molar-refractivity contribution is 6.28. The van der Waals surface area contributed by atoms with E-state index in [4.69, 9.17) is 11.6 Å². The lowest BCUT2D eigenvalue weighted by molar-refractivity contribution is -0.117. The SMILES string of the molecule is O=C(Nc1cnccn1)[C@@H]1CCCN1c1nc(Cl)nc(Nc2cc(C3CC3)[nH]n2)n1. The van der Waals surface area contributed by atoms with Gasteiger partial charge in [0.2, 0.25) is 23.1 Å². The quantitative estimate of drug-likeness (QED) is 0.541. The minimum atomic E-state index is -0.440. The van der Waals surface area contributed by atoms with Crippen molar-refractivity contribution in [2.24, 2.45) is 0 Å². The first-order valence-corrected chi connectivity index (χ1v) is 10.1. The number of hydrogen-bond donors (Lipinski definition) is 3. The summed E-state index contributed by atoms with van der Waals surface area (Å²) >= 11 is 6.14. The first kappa shape index (κ1) is 18.7. The first-order valence-electron chi connectivity index (χ1n) is 9.73. The zero-order chi connectivity index (χ0) is 20.5. The molecule has 1 amide bonds. The Bertz CT molecular complexity index is 1050. The molecule has 1 aliphatic heterocycles. The highest BCUT2D eigenvalue weighted by Crippen LogP contribution is 2.39. The Morgan fingerprint density at radius 2 is 2.07 bits per heavy atom. The first-order chi connectivity index (χ1) is 14.7. The predicted molar refractivity (Wildman–Crippen MR) is 110 cm³/mol. The van der Waals surface area contributed by atoms with Crippen LogP contribution in [0.4, 0.5) is 23.5 Å². The summed E-state index contributed by atoms with van der Waals surface area (Å²) in [7, 11) is 0. The highest BCUT2D eigenvalue weighted by atomic mass is 35.5. The fourth-order valence-corrected chi connectivity index (χ4v) is 3.65. The molecule has 2 aliphatic rings. The molecule has 1 atom stereocenters. The van der Waals surface area contributed by atoms with E-state index in [9.17, 15) is 4.79 Å². The van der Waals surface area contributed by atoms with Crippen LogP contribution in [-0.4, -0.2) is 53.6 Å². The summed E-state index contributed by atoms with van der Waals surface area (Å²) in [5, 5.41) is 13.2. The number of rotatable bonds is 6. The summed E-state index contributed by atoms with van der Waals surface area (Å²) in [6, 6.07) is 1.51. The lowest BCUT2D eigenvalue weighted by Crippen LogP contribution is -2.40. The molecule has 11 nitrogen and oxygen atoms in total. The van der Waals surface area contributed by atoms with Gasteiger partial charge in [-0.3, -0.25) is 14.9 Å². The van der Waals surface area contributed by atoms with Gasteiger partial charge in [0.15, 0.2) is 11.6 Å². The molecule has 1 saturated carbocycles. The van der Waals surface area contributed by atoms with Crippen molar-refractivity contribution in [3.8, 4) is 0 Å².